The first-order valence-electron chi connectivity index (χ1n) is 8.79. The van der Waals surface area contributed by atoms with Crippen molar-refractivity contribution in [3.05, 3.63) is 33.2 Å². The zero-order chi connectivity index (χ0) is 19.8. The van der Waals surface area contributed by atoms with Gasteiger partial charge in [-0.25, -0.2) is 14.6 Å². The molecule has 1 saturated heterocycles. The molecule has 9 heteroatoms. The average Bonchev–Trinajstić information content (AvgIpc) is 3.18. The lowest BCUT2D eigenvalue weighted by Crippen LogP contribution is -2.44. The van der Waals surface area contributed by atoms with Crippen LogP contribution < -0.4 is 5.56 Å². The molecule has 0 aromatic carbocycles. The number of hydrogen-bond acceptors (Lipinski definition) is 7. The van der Waals surface area contributed by atoms with E-state index in [9.17, 15) is 14.4 Å². The van der Waals surface area contributed by atoms with Crippen molar-refractivity contribution in [2.75, 3.05) is 6.54 Å². The third-order valence-electron chi connectivity index (χ3n) is 4.14. The smallest absolute Gasteiger partial charge is 0.411 e. The number of hydrogen-bond donors (Lipinski definition) is 0. The Labute approximate surface area is 160 Å². The molecule has 2 aromatic heterocycles. The van der Waals surface area contributed by atoms with Gasteiger partial charge in [-0.3, -0.25) is 14.1 Å². The van der Waals surface area contributed by atoms with E-state index in [0.717, 1.165) is 5.69 Å². The minimum atomic E-state index is -0.673. The molecular weight excluding hydrogens is 370 g/mol. The van der Waals surface area contributed by atoms with E-state index in [2.05, 4.69) is 4.98 Å². The molecule has 8 nitrogen and oxygen atoms in total. The SMILES string of the molecule is Cc1csc2nc(COC(=O)[C@@H]3CCCN3C(=O)OC(C)(C)C)cc(=O)n12. The molecule has 27 heavy (non-hydrogen) atoms. The Morgan fingerprint density at radius 1 is 1.37 bits per heavy atom. The summed E-state index contributed by atoms with van der Waals surface area (Å²) in [6, 6.07) is 0.689. The van der Waals surface area contributed by atoms with E-state index in [1.165, 1.54) is 26.7 Å². The van der Waals surface area contributed by atoms with E-state index < -0.39 is 23.7 Å². The van der Waals surface area contributed by atoms with Gasteiger partial charge in [0.2, 0.25) is 0 Å². The van der Waals surface area contributed by atoms with E-state index in [4.69, 9.17) is 9.47 Å². The van der Waals surface area contributed by atoms with Gasteiger partial charge < -0.3 is 9.47 Å². The number of esters is 1. The maximum Gasteiger partial charge on any atom is 0.411 e. The molecule has 1 aliphatic heterocycles. The summed E-state index contributed by atoms with van der Waals surface area (Å²) >= 11 is 1.35. The van der Waals surface area contributed by atoms with Crippen molar-refractivity contribution in [1.29, 1.82) is 0 Å². The number of thiazole rings is 1. The van der Waals surface area contributed by atoms with Crippen molar-refractivity contribution in [3.63, 3.8) is 0 Å². The summed E-state index contributed by atoms with van der Waals surface area (Å²) in [6.07, 6.45) is 0.713. The van der Waals surface area contributed by atoms with E-state index in [-0.39, 0.29) is 12.2 Å². The number of nitrogens with zero attached hydrogens (tertiary/aromatic N) is 3. The molecule has 0 N–H and O–H groups in total. The molecule has 0 aliphatic carbocycles. The minimum absolute atomic E-state index is 0.111. The van der Waals surface area contributed by atoms with Gasteiger partial charge in [0.1, 0.15) is 18.2 Å². The molecule has 1 amide bonds. The normalized spacial score (nSPS) is 17.3. The molecule has 3 heterocycles. The van der Waals surface area contributed by atoms with Crippen molar-refractivity contribution in [1.82, 2.24) is 14.3 Å². The second kappa shape index (κ2) is 7.30. The first-order chi connectivity index (χ1) is 12.7. The van der Waals surface area contributed by atoms with Crippen LogP contribution in [-0.4, -0.2) is 44.5 Å². The lowest BCUT2D eigenvalue weighted by atomic mass is 10.2. The highest BCUT2D eigenvalue weighted by molar-refractivity contribution is 7.15. The summed E-state index contributed by atoms with van der Waals surface area (Å²) in [6.45, 7) is 7.51. The van der Waals surface area contributed by atoms with Gasteiger partial charge >= 0.3 is 12.1 Å². The summed E-state index contributed by atoms with van der Waals surface area (Å²) in [5.41, 5.74) is 0.363. The molecule has 1 fully saturated rings. The summed E-state index contributed by atoms with van der Waals surface area (Å²) in [5, 5.41) is 1.84. The van der Waals surface area contributed by atoms with Gasteiger partial charge in [0.25, 0.3) is 5.56 Å². The Kier molecular flexibility index (Phi) is 5.23. The van der Waals surface area contributed by atoms with Crippen LogP contribution in [0.4, 0.5) is 4.79 Å². The van der Waals surface area contributed by atoms with Crippen LogP contribution in [0, 0.1) is 6.92 Å². The number of amides is 1. The van der Waals surface area contributed by atoms with Gasteiger partial charge in [-0.15, -0.1) is 11.3 Å². The molecule has 0 unspecified atom stereocenters. The van der Waals surface area contributed by atoms with Crippen LogP contribution in [0.1, 0.15) is 45.0 Å². The molecule has 0 saturated carbocycles. The first kappa shape index (κ1) is 19.3. The highest BCUT2D eigenvalue weighted by Gasteiger charge is 2.37. The number of ether oxygens (including phenoxy) is 2. The molecule has 0 bridgehead atoms. The Morgan fingerprint density at radius 3 is 2.81 bits per heavy atom. The van der Waals surface area contributed by atoms with Crippen LogP contribution >= 0.6 is 11.3 Å². The predicted molar refractivity (Wildman–Crippen MR) is 99.8 cm³/mol. The lowest BCUT2D eigenvalue weighted by molar-refractivity contribution is -0.150. The topological polar surface area (TPSA) is 90.2 Å². The van der Waals surface area contributed by atoms with Crippen molar-refractivity contribution < 1.29 is 19.1 Å². The number of aryl methyl sites for hydroxylation is 1. The zero-order valence-electron chi connectivity index (χ0n) is 15.9. The molecule has 0 radical (unpaired) electrons. The zero-order valence-corrected chi connectivity index (χ0v) is 16.7. The summed E-state index contributed by atoms with van der Waals surface area (Å²) < 4.78 is 12.2. The Hall–Kier alpha value is -2.42. The van der Waals surface area contributed by atoms with Gasteiger partial charge in [0.15, 0.2) is 4.96 Å². The third-order valence-corrected chi connectivity index (χ3v) is 5.09. The number of carbonyl (C=O) groups excluding carboxylic acids is 2. The largest absolute Gasteiger partial charge is 0.458 e. The van der Waals surface area contributed by atoms with E-state index >= 15 is 0 Å². The third kappa shape index (κ3) is 4.29. The predicted octanol–water partition coefficient (Wildman–Crippen LogP) is 2.51. The number of likely N-dealkylation sites (tertiary alicyclic amines) is 1. The van der Waals surface area contributed by atoms with Gasteiger partial charge in [-0.1, -0.05) is 0 Å². The Balaban J connectivity index is 1.66. The number of fused-ring (bicyclic) bond motifs is 1. The van der Waals surface area contributed by atoms with Gasteiger partial charge in [0, 0.05) is 23.7 Å². The molecule has 1 aliphatic rings. The van der Waals surface area contributed by atoms with Crippen LogP contribution in [0.15, 0.2) is 16.2 Å². The standard InChI is InChI=1S/C18H23N3O5S/c1-11-10-27-16-19-12(8-14(22)21(11)16)9-25-15(23)13-6-5-7-20(13)17(24)26-18(2,3)4/h8,10,13H,5-7,9H2,1-4H3/t13-/m0/s1. The second-order valence-corrected chi connectivity index (χ2v) is 8.36. The quantitative estimate of drug-likeness (QED) is 0.745. The van der Waals surface area contributed by atoms with Crippen LogP contribution in [0.5, 0.6) is 0 Å². The first-order valence-corrected chi connectivity index (χ1v) is 9.67. The molecular formula is C18H23N3O5S. The molecule has 1 atom stereocenters. The fraction of sp³-hybridized carbons (Fsp3) is 0.556. The number of carbonyl (C=O) groups is 2. The minimum Gasteiger partial charge on any atom is -0.458 e. The highest BCUT2D eigenvalue weighted by Crippen LogP contribution is 2.22. The second-order valence-electron chi connectivity index (χ2n) is 7.52. The van der Waals surface area contributed by atoms with E-state index in [0.29, 0.717) is 30.0 Å². The van der Waals surface area contributed by atoms with Crippen LogP contribution in [-0.2, 0) is 20.9 Å². The summed E-state index contributed by atoms with van der Waals surface area (Å²) in [4.78, 5) is 43.3. The highest BCUT2D eigenvalue weighted by atomic mass is 32.1. The molecule has 3 rings (SSSR count). The van der Waals surface area contributed by atoms with Crippen LogP contribution in [0.3, 0.4) is 0 Å². The van der Waals surface area contributed by atoms with Crippen molar-refractivity contribution in [2.45, 2.75) is 58.8 Å². The van der Waals surface area contributed by atoms with Crippen LogP contribution in [0.2, 0.25) is 0 Å². The molecule has 0 spiro atoms. The Morgan fingerprint density at radius 2 is 2.11 bits per heavy atom. The summed E-state index contributed by atoms with van der Waals surface area (Å²) in [5.74, 6) is -0.511. The molecule has 146 valence electrons. The number of aromatic nitrogens is 2. The fourth-order valence-electron chi connectivity index (χ4n) is 2.97. The van der Waals surface area contributed by atoms with Crippen molar-refractivity contribution >= 4 is 28.4 Å². The van der Waals surface area contributed by atoms with Gasteiger partial charge in [0.05, 0.1) is 5.69 Å². The summed E-state index contributed by atoms with van der Waals surface area (Å²) in [7, 11) is 0. The van der Waals surface area contributed by atoms with Crippen molar-refractivity contribution in [2.24, 2.45) is 0 Å². The van der Waals surface area contributed by atoms with Crippen LogP contribution in [0.25, 0.3) is 4.96 Å². The van der Waals surface area contributed by atoms with E-state index in [1.54, 1.807) is 20.8 Å². The lowest BCUT2D eigenvalue weighted by Gasteiger charge is -2.27. The molecule has 2 aromatic rings. The number of rotatable bonds is 3. The monoisotopic (exact) mass is 393 g/mol. The van der Waals surface area contributed by atoms with Gasteiger partial charge in [-0.05, 0) is 40.5 Å². The maximum absolute atomic E-state index is 12.5. The average molecular weight is 393 g/mol. The van der Waals surface area contributed by atoms with E-state index in [1.807, 2.05) is 12.3 Å². The fourth-order valence-corrected chi connectivity index (χ4v) is 3.86. The maximum atomic E-state index is 12.5. The van der Waals surface area contributed by atoms with Crippen molar-refractivity contribution in [3.8, 4) is 0 Å². The Bertz CT molecular complexity index is 927. The van der Waals surface area contributed by atoms with Gasteiger partial charge in [-0.2, -0.15) is 0 Å².